The maximum absolute atomic E-state index is 5.80. The molecule has 1 aromatic carbocycles. The molecule has 10 heavy (non-hydrogen) atoms. The van der Waals surface area contributed by atoms with Crippen LogP contribution in [0.4, 0.5) is 0 Å². The van der Waals surface area contributed by atoms with Gasteiger partial charge in [-0.25, -0.2) is 0 Å². The summed E-state index contributed by atoms with van der Waals surface area (Å²) in [6, 6.07) is 6.02. The third-order valence-corrected chi connectivity index (χ3v) is 3.31. The predicted molar refractivity (Wildman–Crippen MR) is 45.9 cm³/mol. The summed E-state index contributed by atoms with van der Waals surface area (Å²) in [5.41, 5.74) is 0. The summed E-state index contributed by atoms with van der Waals surface area (Å²) in [4.78, 5) is 4.51. The quantitative estimate of drug-likeness (QED) is 0.593. The van der Waals surface area contributed by atoms with Crippen LogP contribution in [-0.4, -0.2) is 14.5 Å². The van der Waals surface area contributed by atoms with Crippen molar-refractivity contribution in [3.05, 3.63) is 33.1 Å². The molecule has 0 aliphatic carbocycles. The Hall–Kier alpha value is -0.231. The standard InChI is InChI=1S/C8H5ClSe/c9-8-2-1-6-4-10-5-7(6)3-8/h1-5H. The van der Waals surface area contributed by atoms with Gasteiger partial charge in [-0.3, -0.25) is 0 Å². The van der Waals surface area contributed by atoms with Gasteiger partial charge in [0.2, 0.25) is 0 Å². The minimum absolute atomic E-state index is 0.563. The monoisotopic (exact) mass is 216 g/mol. The van der Waals surface area contributed by atoms with E-state index in [1.807, 2.05) is 12.1 Å². The molecule has 0 aliphatic rings. The van der Waals surface area contributed by atoms with Gasteiger partial charge < -0.3 is 0 Å². The van der Waals surface area contributed by atoms with Crippen molar-refractivity contribution in [2.24, 2.45) is 0 Å². The van der Waals surface area contributed by atoms with E-state index in [-0.39, 0.29) is 0 Å². The Morgan fingerprint density at radius 3 is 2.80 bits per heavy atom. The Kier molecular flexibility index (Phi) is 1.57. The number of hydrogen-bond acceptors (Lipinski definition) is 0. The molecular weight excluding hydrogens is 211 g/mol. The van der Waals surface area contributed by atoms with E-state index < -0.39 is 0 Å². The number of fused-ring (bicyclic) bond motifs is 1. The summed E-state index contributed by atoms with van der Waals surface area (Å²) < 4.78 is 0. The van der Waals surface area contributed by atoms with Crippen LogP contribution >= 0.6 is 11.6 Å². The summed E-state index contributed by atoms with van der Waals surface area (Å²) in [5, 5.41) is 3.47. The van der Waals surface area contributed by atoms with Crippen LogP contribution < -0.4 is 0 Å². The molecular formula is C8H5ClSe. The molecule has 2 heteroatoms. The van der Waals surface area contributed by atoms with Gasteiger partial charge in [0.25, 0.3) is 0 Å². The molecule has 50 valence electrons. The maximum atomic E-state index is 5.80. The van der Waals surface area contributed by atoms with E-state index in [2.05, 4.69) is 15.9 Å². The summed E-state index contributed by atoms with van der Waals surface area (Å²) >= 11 is 6.36. The van der Waals surface area contributed by atoms with E-state index in [1.54, 1.807) is 0 Å². The van der Waals surface area contributed by atoms with E-state index in [1.165, 1.54) is 10.8 Å². The molecule has 0 fully saturated rings. The Morgan fingerprint density at radius 1 is 1.10 bits per heavy atom. The molecule has 0 spiro atoms. The SMILES string of the molecule is Clc1ccc2c[se]cc2c1. The molecule has 0 radical (unpaired) electrons. The fourth-order valence-corrected chi connectivity index (χ4v) is 2.75. The van der Waals surface area contributed by atoms with E-state index in [0.29, 0.717) is 14.5 Å². The Bertz CT molecular complexity index is 351. The zero-order chi connectivity index (χ0) is 6.97. The van der Waals surface area contributed by atoms with Gasteiger partial charge in [0.05, 0.1) is 0 Å². The second kappa shape index (κ2) is 2.43. The van der Waals surface area contributed by atoms with Gasteiger partial charge in [-0.2, -0.15) is 0 Å². The number of benzene rings is 1. The second-order valence-electron chi connectivity index (χ2n) is 2.15. The molecule has 0 nitrogen and oxygen atoms in total. The Balaban J connectivity index is 2.86. The molecule has 0 amide bonds. The first-order valence-electron chi connectivity index (χ1n) is 2.98. The van der Waals surface area contributed by atoms with Crippen LogP contribution in [0.15, 0.2) is 28.1 Å². The molecule has 2 rings (SSSR count). The fourth-order valence-electron chi connectivity index (χ4n) is 0.936. The van der Waals surface area contributed by atoms with Crippen LogP contribution in [0.5, 0.6) is 0 Å². The summed E-state index contributed by atoms with van der Waals surface area (Å²) in [6.45, 7) is 0. The number of hydrogen-bond donors (Lipinski definition) is 0. The van der Waals surface area contributed by atoms with E-state index >= 15 is 0 Å². The molecule has 1 heterocycles. The fraction of sp³-hybridized carbons (Fsp3) is 0. The van der Waals surface area contributed by atoms with E-state index in [4.69, 9.17) is 11.6 Å². The Labute approximate surface area is 70.2 Å². The van der Waals surface area contributed by atoms with Crippen LogP contribution in [0.3, 0.4) is 0 Å². The molecule has 0 unspecified atom stereocenters. The zero-order valence-corrected chi connectivity index (χ0v) is 7.64. The molecule has 0 N–H and O–H groups in total. The molecule has 0 bridgehead atoms. The van der Waals surface area contributed by atoms with Crippen molar-refractivity contribution in [2.45, 2.75) is 0 Å². The zero-order valence-electron chi connectivity index (χ0n) is 5.17. The van der Waals surface area contributed by atoms with Crippen molar-refractivity contribution in [3.63, 3.8) is 0 Å². The third kappa shape index (κ3) is 1.01. The molecule has 1 aromatic heterocycles. The molecule has 0 aliphatic heterocycles. The van der Waals surface area contributed by atoms with Crippen LogP contribution in [-0.2, 0) is 0 Å². The van der Waals surface area contributed by atoms with Crippen molar-refractivity contribution in [1.82, 2.24) is 0 Å². The van der Waals surface area contributed by atoms with Gasteiger partial charge in [-0.15, -0.1) is 0 Å². The van der Waals surface area contributed by atoms with Crippen LogP contribution in [0.2, 0.25) is 5.02 Å². The van der Waals surface area contributed by atoms with E-state index in [0.717, 1.165) is 5.02 Å². The van der Waals surface area contributed by atoms with Crippen molar-refractivity contribution >= 4 is 36.9 Å². The van der Waals surface area contributed by atoms with Gasteiger partial charge in [0.1, 0.15) is 0 Å². The first-order valence-corrected chi connectivity index (χ1v) is 5.33. The van der Waals surface area contributed by atoms with Gasteiger partial charge >= 0.3 is 70.0 Å². The van der Waals surface area contributed by atoms with Crippen molar-refractivity contribution in [1.29, 1.82) is 0 Å². The molecule has 2 aromatic rings. The van der Waals surface area contributed by atoms with Gasteiger partial charge in [0, 0.05) is 0 Å². The van der Waals surface area contributed by atoms with Crippen LogP contribution in [0.25, 0.3) is 10.8 Å². The average molecular weight is 216 g/mol. The minimum atomic E-state index is 0.563. The first-order chi connectivity index (χ1) is 4.86. The number of rotatable bonds is 0. The predicted octanol–water partition coefficient (Wildman–Crippen LogP) is 2.55. The summed E-state index contributed by atoms with van der Waals surface area (Å²) in [7, 11) is 0. The Morgan fingerprint density at radius 2 is 1.90 bits per heavy atom. The summed E-state index contributed by atoms with van der Waals surface area (Å²) in [6.07, 6.45) is 0. The van der Waals surface area contributed by atoms with E-state index in [9.17, 15) is 0 Å². The van der Waals surface area contributed by atoms with Crippen LogP contribution in [0.1, 0.15) is 0 Å². The normalized spacial score (nSPS) is 10.5. The number of halogens is 1. The van der Waals surface area contributed by atoms with Crippen molar-refractivity contribution < 1.29 is 0 Å². The van der Waals surface area contributed by atoms with Crippen molar-refractivity contribution in [2.75, 3.05) is 0 Å². The van der Waals surface area contributed by atoms with Gasteiger partial charge in [0.15, 0.2) is 0 Å². The van der Waals surface area contributed by atoms with Crippen molar-refractivity contribution in [3.8, 4) is 0 Å². The average Bonchev–Trinajstić information content (AvgIpc) is 2.33. The molecule has 0 saturated carbocycles. The second-order valence-corrected chi connectivity index (χ2v) is 4.14. The summed E-state index contributed by atoms with van der Waals surface area (Å²) in [5.74, 6) is 0. The first kappa shape index (κ1) is 6.48. The van der Waals surface area contributed by atoms with Gasteiger partial charge in [-0.05, 0) is 0 Å². The topological polar surface area (TPSA) is 0 Å². The molecule has 0 saturated heterocycles. The van der Waals surface area contributed by atoms with Crippen LogP contribution in [0, 0.1) is 0 Å². The van der Waals surface area contributed by atoms with Gasteiger partial charge in [-0.1, -0.05) is 0 Å². The third-order valence-electron chi connectivity index (χ3n) is 1.44. The molecule has 0 atom stereocenters.